The molecule has 2 N–H and O–H groups in total. The number of piperidine rings is 1. The number of anilines is 1. The minimum Gasteiger partial charge on any atom is -0.351 e. The highest BCUT2D eigenvalue weighted by molar-refractivity contribution is 5.55. The molecule has 0 radical (unpaired) electrons. The summed E-state index contributed by atoms with van der Waals surface area (Å²) in [6.45, 7) is 2.91. The van der Waals surface area contributed by atoms with Crippen LogP contribution < -0.4 is 10.6 Å². The van der Waals surface area contributed by atoms with Gasteiger partial charge in [0.05, 0.1) is 5.56 Å². The molecule has 0 bridgehead atoms. The smallest absolute Gasteiger partial charge is 0.351 e. The normalized spacial score (nSPS) is 23.0. The van der Waals surface area contributed by atoms with Crippen molar-refractivity contribution in [1.29, 1.82) is 5.26 Å². The van der Waals surface area contributed by atoms with Gasteiger partial charge in [0.15, 0.2) is 0 Å². The van der Waals surface area contributed by atoms with Gasteiger partial charge in [0.25, 0.3) is 0 Å². The molecule has 4 nitrogen and oxygen atoms in total. The van der Waals surface area contributed by atoms with Gasteiger partial charge in [-0.2, -0.15) is 18.4 Å². The first-order chi connectivity index (χ1) is 9.88. The average Bonchev–Trinajstić information content (AvgIpc) is 2.45. The highest BCUT2D eigenvalue weighted by atomic mass is 19.4. The van der Waals surface area contributed by atoms with Gasteiger partial charge in [-0.15, -0.1) is 0 Å². The molecule has 21 heavy (non-hydrogen) atoms. The maximum Gasteiger partial charge on any atom is 0.433 e. The van der Waals surface area contributed by atoms with Gasteiger partial charge in [0, 0.05) is 19.1 Å². The molecule has 2 unspecified atom stereocenters. The van der Waals surface area contributed by atoms with Crippen LogP contribution >= 0.6 is 0 Å². The van der Waals surface area contributed by atoms with E-state index in [1.807, 2.05) is 13.0 Å². The lowest BCUT2D eigenvalue weighted by molar-refractivity contribution is -0.141. The number of aromatic nitrogens is 1. The van der Waals surface area contributed by atoms with Crippen molar-refractivity contribution in [3.63, 3.8) is 0 Å². The Balaban J connectivity index is 2.47. The molecule has 2 heterocycles. The van der Waals surface area contributed by atoms with Crippen LogP contribution in [0.15, 0.2) is 12.1 Å². The molecule has 0 spiro atoms. The molecular formula is C14H17F3N4. The van der Waals surface area contributed by atoms with Crippen molar-refractivity contribution in [3.8, 4) is 6.07 Å². The van der Waals surface area contributed by atoms with Gasteiger partial charge in [0.1, 0.15) is 17.6 Å². The lowest BCUT2D eigenvalue weighted by atomic mass is 9.90. The second-order valence-electron chi connectivity index (χ2n) is 5.29. The second kappa shape index (κ2) is 5.90. The number of rotatable bonds is 2. The molecule has 1 saturated heterocycles. The Bertz CT molecular complexity index is 550. The first-order valence-electron chi connectivity index (χ1n) is 6.83. The van der Waals surface area contributed by atoms with E-state index in [0.717, 1.165) is 18.9 Å². The minimum atomic E-state index is -4.53. The van der Waals surface area contributed by atoms with Crippen LogP contribution in [0, 0.1) is 17.2 Å². The van der Waals surface area contributed by atoms with Crippen molar-refractivity contribution in [2.45, 2.75) is 32.0 Å². The highest BCUT2D eigenvalue weighted by Crippen LogP contribution is 2.33. The third kappa shape index (κ3) is 3.10. The molecule has 2 rings (SSSR count). The summed E-state index contributed by atoms with van der Waals surface area (Å²) < 4.78 is 38.5. The Morgan fingerprint density at radius 2 is 2.19 bits per heavy atom. The van der Waals surface area contributed by atoms with Crippen molar-refractivity contribution >= 4 is 5.82 Å². The Labute approximate surface area is 121 Å². The molecule has 1 aliphatic heterocycles. The summed E-state index contributed by atoms with van der Waals surface area (Å²) in [4.78, 5) is 5.45. The molecule has 0 aromatic carbocycles. The van der Waals surface area contributed by atoms with Gasteiger partial charge in [-0.1, -0.05) is 6.92 Å². The number of nitrogens with two attached hydrogens (primary N) is 1. The lowest BCUT2D eigenvalue weighted by Gasteiger charge is -2.40. The second-order valence-corrected chi connectivity index (χ2v) is 5.29. The molecule has 2 atom stereocenters. The van der Waals surface area contributed by atoms with E-state index in [4.69, 9.17) is 11.0 Å². The maximum absolute atomic E-state index is 12.8. The van der Waals surface area contributed by atoms with E-state index in [1.165, 1.54) is 6.07 Å². The number of halogens is 3. The fourth-order valence-corrected chi connectivity index (χ4v) is 2.78. The minimum absolute atomic E-state index is 0.0920. The number of hydrogen-bond acceptors (Lipinski definition) is 4. The SMILES string of the molecule is CC1CCCN(c2nc(C(F)(F)F)ccc2C#N)C1CN. The Morgan fingerprint density at radius 3 is 2.76 bits per heavy atom. The van der Waals surface area contributed by atoms with Crippen LogP contribution in [0.5, 0.6) is 0 Å². The summed E-state index contributed by atoms with van der Waals surface area (Å²) in [5, 5.41) is 9.14. The summed E-state index contributed by atoms with van der Waals surface area (Å²) in [6, 6.07) is 3.84. The molecule has 1 fully saturated rings. The van der Waals surface area contributed by atoms with Gasteiger partial charge in [-0.25, -0.2) is 4.98 Å². The topological polar surface area (TPSA) is 65.9 Å². The fourth-order valence-electron chi connectivity index (χ4n) is 2.78. The standard InChI is InChI=1S/C14H17F3N4/c1-9-3-2-6-21(11(9)8-19)13-10(7-18)4-5-12(20-13)14(15,16)17/h4-5,9,11H,2-3,6,8,19H2,1H3. The molecule has 0 saturated carbocycles. The quantitative estimate of drug-likeness (QED) is 0.911. The average molecular weight is 298 g/mol. The molecule has 1 aliphatic rings. The highest BCUT2D eigenvalue weighted by Gasteiger charge is 2.35. The van der Waals surface area contributed by atoms with Crippen molar-refractivity contribution in [2.24, 2.45) is 11.7 Å². The molecule has 114 valence electrons. The molecular weight excluding hydrogens is 281 g/mol. The zero-order valence-corrected chi connectivity index (χ0v) is 11.7. The van der Waals surface area contributed by atoms with Crippen molar-refractivity contribution in [2.75, 3.05) is 18.0 Å². The summed E-state index contributed by atoms with van der Waals surface area (Å²) in [6.07, 6.45) is -2.71. The van der Waals surface area contributed by atoms with E-state index in [0.29, 0.717) is 13.1 Å². The summed E-state index contributed by atoms with van der Waals surface area (Å²) >= 11 is 0. The number of nitriles is 1. The van der Waals surface area contributed by atoms with E-state index in [-0.39, 0.29) is 23.3 Å². The van der Waals surface area contributed by atoms with Crippen LogP contribution in [-0.4, -0.2) is 24.1 Å². The third-order valence-corrected chi connectivity index (χ3v) is 3.92. The lowest BCUT2D eigenvalue weighted by Crippen LogP contribution is -2.49. The zero-order chi connectivity index (χ0) is 15.6. The molecule has 0 amide bonds. The molecule has 0 aliphatic carbocycles. The fraction of sp³-hybridized carbons (Fsp3) is 0.571. The summed E-state index contributed by atoms with van der Waals surface area (Å²) in [5.74, 6) is 0.348. The van der Waals surface area contributed by atoms with Crippen LogP contribution in [0.4, 0.5) is 19.0 Å². The zero-order valence-electron chi connectivity index (χ0n) is 11.7. The van der Waals surface area contributed by atoms with Crippen LogP contribution in [0.25, 0.3) is 0 Å². The van der Waals surface area contributed by atoms with Crippen LogP contribution in [-0.2, 0) is 6.18 Å². The van der Waals surface area contributed by atoms with E-state index in [2.05, 4.69) is 4.98 Å². The monoisotopic (exact) mass is 298 g/mol. The van der Waals surface area contributed by atoms with Gasteiger partial charge < -0.3 is 10.6 Å². The van der Waals surface area contributed by atoms with Crippen LogP contribution in [0.2, 0.25) is 0 Å². The largest absolute Gasteiger partial charge is 0.433 e. The van der Waals surface area contributed by atoms with E-state index in [1.54, 1.807) is 4.90 Å². The van der Waals surface area contributed by atoms with E-state index >= 15 is 0 Å². The van der Waals surface area contributed by atoms with Crippen LogP contribution in [0.3, 0.4) is 0 Å². The number of alkyl halides is 3. The van der Waals surface area contributed by atoms with Crippen molar-refractivity contribution in [1.82, 2.24) is 4.98 Å². The van der Waals surface area contributed by atoms with Gasteiger partial charge in [-0.3, -0.25) is 0 Å². The molecule has 7 heteroatoms. The first kappa shape index (κ1) is 15.6. The van der Waals surface area contributed by atoms with E-state index < -0.39 is 11.9 Å². The Morgan fingerprint density at radius 1 is 1.48 bits per heavy atom. The predicted molar refractivity (Wildman–Crippen MR) is 72.5 cm³/mol. The van der Waals surface area contributed by atoms with E-state index in [9.17, 15) is 13.2 Å². The molecule has 1 aromatic rings. The molecule has 1 aromatic heterocycles. The summed E-state index contributed by atoms with van der Waals surface area (Å²) in [7, 11) is 0. The number of nitrogens with zero attached hydrogens (tertiary/aromatic N) is 3. The Hall–Kier alpha value is -1.81. The predicted octanol–water partition coefficient (Wildman–Crippen LogP) is 2.54. The maximum atomic E-state index is 12.8. The van der Waals surface area contributed by atoms with Crippen LogP contribution in [0.1, 0.15) is 31.0 Å². The number of pyridine rings is 1. The third-order valence-electron chi connectivity index (χ3n) is 3.92. The van der Waals surface area contributed by atoms with Gasteiger partial charge in [-0.05, 0) is 30.9 Å². The number of hydrogen-bond donors (Lipinski definition) is 1. The van der Waals surface area contributed by atoms with Gasteiger partial charge in [0.2, 0.25) is 0 Å². The van der Waals surface area contributed by atoms with Crippen molar-refractivity contribution in [3.05, 3.63) is 23.4 Å². The first-order valence-corrected chi connectivity index (χ1v) is 6.83. The Kier molecular flexibility index (Phi) is 4.37. The van der Waals surface area contributed by atoms with Gasteiger partial charge >= 0.3 is 6.18 Å². The van der Waals surface area contributed by atoms with Crippen molar-refractivity contribution < 1.29 is 13.2 Å². The summed E-state index contributed by atoms with van der Waals surface area (Å²) in [5.41, 5.74) is 4.93.